The van der Waals surface area contributed by atoms with E-state index in [9.17, 15) is 13.2 Å². The van der Waals surface area contributed by atoms with E-state index in [0.717, 1.165) is 95.6 Å². The molecular weight excluding hydrogens is 653 g/mol. The fourth-order valence-corrected chi connectivity index (χ4v) is 7.78. The number of ether oxygens (including phenoxy) is 2. The Kier molecular flexibility index (Phi) is 9.03. The standard InChI is InChI=1S/C40H41F3N6O2/c1-24-13-26(15-28(41)14-24)33-20-47-38-37(33)34(5-10-46-38)51-23-40(2)7-11-45-35(19-40)49-12-6-25(22-50-31-3-8-44-9-4-31)36-32(21-48-39(36)49)27-16-29(42)18-30(43)17-27/h5-6,10,12-18,20-21,31,35,44-45H,3-4,7-9,11,19,22-23H2,1-2H3,(H,46,47)/p+1. The van der Waals surface area contributed by atoms with E-state index in [1.807, 2.05) is 31.5 Å². The minimum Gasteiger partial charge on any atom is -0.492 e. The van der Waals surface area contributed by atoms with Crippen LogP contribution < -0.4 is 19.9 Å². The van der Waals surface area contributed by atoms with Crippen molar-refractivity contribution < 1.29 is 27.2 Å². The number of aryl methyl sites for hydroxylation is 1. The van der Waals surface area contributed by atoms with Gasteiger partial charge in [-0.2, -0.15) is 0 Å². The molecule has 2 aliphatic heterocycles. The number of halogens is 3. The molecule has 2 fully saturated rings. The number of piperidine rings is 2. The minimum absolute atomic E-state index is 0.0828. The van der Waals surface area contributed by atoms with Gasteiger partial charge in [0.15, 0.2) is 6.17 Å². The quantitative estimate of drug-likeness (QED) is 0.117. The number of pyridine rings is 2. The Morgan fingerprint density at radius 3 is 2.39 bits per heavy atom. The van der Waals surface area contributed by atoms with E-state index in [0.29, 0.717) is 30.2 Å². The number of rotatable bonds is 9. The molecule has 6 heterocycles. The van der Waals surface area contributed by atoms with Crippen LogP contribution in [0.15, 0.2) is 73.3 Å². The van der Waals surface area contributed by atoms with Gasteiger partial charge in [-0.1, -0.05) is 13.0 Å². The third-order valence-corrected chi connectivity index (χ3v) is 10.4. The zero-order chi connectivity index (χ0) is 35.1. The average Bonchev–Trinajstić information content (AvgIpc) is 3.76. The van der Waals surface area contributed by atoms with Crippen LogP contribution in [-0.4, -0.2) is 47.3 Å². The van der Waals surface area contributed by atoms with Gasteiger partial charge in [-0.15, -0.1) is 0 Å². The Morgan fingerprint density at radius 2 is 1.61 bits per heavy atom. The smallest absolute Gasteiger partial charge is 0.288 e. The van der Waals surface area contributed by atoms with Crippen molar-refractivity contribution in [1.29, 1.82) is 0 Å². The summed E-state index contributed by atoms with van der Waals surface area (Å²) in [5.41, 5.74) is 5.92. The number of benzene rings is 2. The van der Waals surface area contributed by atoms with Crippen LogP contribution in [0.25, 0.3) is 44.3 Å². The molecule has 11 heteroatoms. The predicted octanol–water partition coefficient (Wildman–Crippen LogP) is 7.63. The number of nitrogens with one attached hydrogen (secondary N) is 4. The largest absolute Gasteiger partial charge is 0.492 e. The first-order valence-electron chi connectivity index (χ1n) is 17.7. The molecule has 8 nitrogen and oxygen atoms in total. The first-order valence-corrected chi connectivity index (χ1v) is 17.7. The topological polar surface area (TPSA) is 90.9 Å². The van der Waals surface area contributed by atoms with Gasteiger partial charge < -0.3 is 19.8 Å². The second-order valence-electron chi connectivity index (χ2n) is 14.4. The highest BCUT2D eigenvalue weighted by Gasteiger charge is 2.37. The van der Waals surface area contributed by atoms with E-state index in [-0.39, 0.29) is 23.5 Å². The summed E-state index contributed by atoms with van der Waals surface area (Å²) < 4.78 is 58.5. The summed E-state index contributed by atoms with van der Waals surface area (Å²) in [5.74, 6) is -0.835. The van der Waals surface area contributed by atoms with Crippen molar-refractivity contribution in [3.8, 4) is 28.0 Å². The van der Waals surface area contributed by atoms with Gasteiger partial charge in [-0.3, -0.25) is 5.32 Å². The molecule has 0 radical (unpaired) electrons. The molecule has 2 aliphatic rings. The Hall–Kier alpha value is -4.71. The Morgan fingerprint density at radius 1 is 0.882 bits per heavy atom. The van der Waals surface area contributed by atoms with Gasteiger partial charge >= 0.3 is 0 Å². The number of hydrogen-bond acceptors (Lipinski definition) is 5. The van der Waals surface area contributed by atoms with Crippen molar-refractivity contribution in [3.05, 3.63) is 102 Å². The molecule has 4 N–H and O–H groups in total. The highest BCUT2D eigenvalue weighted by Crippen LogP contribution is 2.39. The first kappa shape index (κ1) is 33.4. The maximum absolute atomic E-state index is 14.4. The molecule has 4 aromatic heterocycles. The highest BCUT2D eigenvalue weighted by atomic mass is 19.1. The number of nitrogens with zero attached hydrogens (tertiary/aromatic N) is 2. The summed E-state index contributed by atoms with van der Waals surface area (Å²) in [6.45, 7) is 7.59. The fourth-order valence-electron chi connectivity index (χ4n) is 7.78. The molecule has 0 aliphatic carbocycles. The van der Waals surface area contributed by atoms with Gasteiger partial charge in [0.25, 0.3) is 5.65 Å². The van der Waals surface area contributed by atoms with Crippen LogP contribution in [0.1, 0.15) is 49.9 Å². The third-order valence-electron chi connectivity index (χ3n) is 10.4. The van der Waals surface area contributed by atoms with E-state index in [2.05, 4.69) is 49.3 Å². The lowest BCUT2D eigenvalue weighted by Crippen LogP contribution is -2.54. The highest BCUT2D eigenvalue weighted by molar-refractivity contribution is 5.98. The Bertz CT molecular complexity index is 2170. The van der Waals surface area contributed by atoms with Crippen LogP contribution >= 0.6 is 0 Å². The van der Waals surface area contributed by atoms with Gasteiger partial charge in [0.2, 0.25) is 0 Å². The molecule has 0 amide bonds. The van der Waals surface area contributed by atoms with Crippen LogP contribution in [0.4, 0.5) is 13.2 Å². The maximum Gasteiger partial charge on any atom is 0.288 e. The van der Waals surface area contributed by atoms with Gasteiger partial charge in [-0.25, -0.2) is 27.7 Å². The molecule has 0 bridgehead atoms. The molecule has 2 saturated heterocycles. The van der Waals surface area contributed by atoms with Crippen LogP contribution in [-0.2, 0) is 11.3 Å². The summed E-state index contributed by atoms with van der Waals surface area (Å²) >= 11 is 0. The zero-order valence-corrected chi connectivity index (χ0v) is 28.8. The van der Waals surface area contributed by atoms with Crippen LogP contribution in [0, 0.1) is 29.8 Å². The third kappa shape index (κ3) is 6.85. The van der Waals surface area contributed by atoms with Gasteiger partial charge in [0.1, 0.15) is 28.8 Å². The minimum atomic E-state index is -0.621. The maximum atomic E-state index is 14.4. The summed E-state index contributed by atoms with van der Waals surface area (Å²) in [5, 5.41) is 8.78. The Labute approximate surface area is 294 Å². The van der Waals surface area contributed by atoms with Gasteiger partial charge in [-0.05, 0) is 104 Å². The van der Waals surface area contributed by atoms with E-state index >= 15 is 0 Å². The average molecular weight is 696 g/mol. The number of fused-ring (bicyclic) bond motifs is 2. The molecule has 0 saturated carbocycles. The molecule has 51 heavy (non-hydrogen) atoms. The molecule has 2 atom stereocenters. The fraction of sp³-hybridized carbons (Fsp3) is 0.350. The van der Waals surface area contributed by atoms with Crippen molar-refractivity contribution >= 4 is 22.1 Å². The molecule has 2 unspecified atom stereocenters. The van der Waals surface area contributed by atoms with Gasteiger partial charge in [0.05, 0.1) is 42.5 Å². The van der Waals surface area contributed by atoms with E-state index in [4.69, 9.17) is 9.47 Å². The van der Waals surface area contributed by atoms with E-state index in [1.165, 1.54) is 24.3 Å². The lowest BCUT2D eigenvalue weighted by atomic mass is 9.80. The van der Waals surface area contributed by atoms with Crippen molar-refractivity contribution in [2.45, 2.75) is 58.4 Å². The molecule has 0 spiro atoms. The normalized spacial score (nSPS) is 20.0. The summed E-state index contributed by atoms with van der Waals surface area (Å²) in [4.78, 5) is 11.2. The van der Waals surface area contributed by atoms with Crippen LogP contribution in [0.3, 0.4) is 0 Å². The molecule has 2 aromatic carbocycles. The lowest BCUT2D eigenvalue weighted by Gasteiger charge is -2.37. The monoisotopic (exact) mass is 695 g/mol. The van der Waals surface area contributed by atoms with Crippen molar-refractivity contribution in [1.82, 2.24) is 25.6 Å². The van der Waals surface area contributed by atoms with Crippen molar-refractivity contribution in [3.63, 3.8) is 0 Å². The number of aromatic amines is 2. The van der Waals surface area contributed by atoms with E-state index in [1.54, 1.807) is 6.20 Å². The molecule has 8 rings (SSSR count). The van der Waals surface area contributed by atoms with Gasteiger partial charge in [0, 0.05) is 41.4 Å². The lowest BCUT2D eigenvalue weighted by molar-refractivity contribution is -0.710. The summed E-state index contributed by atoms with van der Waals surface area (Å²) in [6, 6.07) is 12.6. The predicted molar refractivity (Wildman–Crippen MR) is 191 cm³/mol. The van der Waals surface area contributed by atoms with Crippen molar-refractivity contribution in [2.75, 3.05) is 26.2 Å². The SMILES string of the molecule is Cc1cc(F)cc(-c2c[nH]c3nccc(OCC4(C)CCNC([n+]5ccc(COC6CCNCC6)c6c(-c7cc(F)cc(F)c7)c[nH]c65)C4)c23)c1. The number of aromatic nitrogens is 4. The van der Waals surface area contributed by atoms with Crippen LogP contribution in [0.2, 0.25) is 0 Å². The number of H-pyrrole nitrogens is 2. The molecule has 264 valence electrons. The Balaban J connectivity index is 1.09. The second kappa shape index (κ2) is 13.8. The first-order chi connectivity index (χ1) is 24.7. The molecular formula is C40H42F3N6O2+. The second-order valence-corrected chi connectivity index (χ2v) is 14.4. The van der Waals surface area contributed by atoms with Crippen molar-refractivity contribution in [2.24, 2.45) is 5.41 Å². The summed E-state index contributed by atoms with van der Waals surface area (Å²) in [7, 11) is 0. The van der Waals surface area contributed by atoms with E-state index < -0.39 is 11.6 Å². The summed E-state index contributed by atoms with van der Waals surface area (Å²) in [6.07, 6.45) is 11.1. The number of hydrogen-bond donors (Lipinski definition) is 4. The molecule has 6 aromatic rings. The van der Waals surface area contributed by atoms with Crippen LogP contribution in [0.5, 0.6) is 5.75 Å². The zero-order valence-electron chi connectivity index (χ0n) is 28.8.